The number of Topliss-reactive ketones (excluding diaryl/α,β-unsaturated/α-hetero) is 1. The van der Waals surface area contributed by atoms with Crippen molar-refractivity contribution in [2.75, 3.05) is 13.3 Å². The van der Waals surface area contributed by atoms with Crippen LogP contribution in [0.15, 0.2) is 12.1 Å². The molecule has 1 aromatic carbocycles. The van der Waals surface area contributed by atoms with Crippen LogP contribution in [0.4, 0.5) is 0 Å². The number of piperidine rings is 1. The summed E-state index contributed by atoms with van der Waals surface area (Å²) < 4.78 is 6.31. The Morgan fingerprint density at radius 2 is 2.14 bits per heavy atom. The number of aromatic hydroxyl groups is 2. The van der Waals surface area contributed by atoms with Crippen LogP contribution < -0.4 is 0 Å². The summed E-state index contributed by atoms with van der Waals surface area (Å²) in [7, 11) is 0. The standard InChI is InChI=1S/C17H19NO4/c19-11-3-4-17-13-7-10-1-2-12(20)15(21)14(10)16(17,8-11)5-6-18(13)9-22-17/h1-2,13,20-21H,3-9H2. The molecule has 2 saturated heterocycles. The largest absolute Gasteiger partial charge is 0.504 e. The van der Waals surface area contributed by atoms with Crippen LogP contribution in [0.2, 0.25) is 0 Å². The smallest absolute Gasteiger partial charge is 0.161 e. The number of ether oxygens (including phenoxy) is 1. The molecule has 4 unspecified atom stereocenters. The van der Waals surface area contributed by atoms with Gasteiger partial charge in [0.05, 0.1) is 5.60 Å². The molecule has 1 aromatic rings. The molecule has 5 heteroatoms. The number of phenolic OH excluding ortho intramolecular Hbond substituents is 2. The van der Waals surface area contributed by atoms with Crippen molar-refractivity contribution in [3.05, 3.63) is 23.3 Å². The first kappa shape index (κ1) is 12.9. The van der Waals surface area contributed by atoms with E-state index in [4.69, 9.17) is 4.74 Å². The highest BCUT2D eigenvalue weighted by Crippen LogP contribution is 2.63. The molecular weight excluding hydrogens is 282 g/mol. The minimum Gasteiger partial charge on any atom is -0.504 e. The summed E-state index contributed by atoms with van der Waals surface area (Å²) in [6, 6.07) is 3.74. The van der Waals surface area contributed by atoms with Gasteiger partial charge in [-0.2, -0.15) is 0 Å². The number of fused-ring (bicyclic) bond motifs is 1. The van der Waals surface area contributed by atoms with E-state index in [1.807, 2.05) is 6.07 Å². The normalized spacial score (nSPS) is 41.9. The van der Waals surface area contributed by atoms with E-state index in [1.54, 1.807) is 6.07 Å². The summed E-state index contributed by atoms with van der Waals surface area (Å²) in [5.74, 6) is 0.0954. The van der Waals surface area contributed by atoms with E-state index in [0.717, 1.165) is 36.9 Å². The molecule has 1 spiro atoms. The third kappa shape index (κ3) is 1.23. The van der Waals surface area contributed by atoms with Crippen LogP contribution in [0.25, 0.3) is 0 Å². The van der Waals surface area contributed by atoms with Crippen molar-refractivity contribution < 1.29 is 19.7 Å². The third-order valence-electron chi connectivity index (χ3n) is 6.51. The van der Waals surface area contributed by atoms with Crippen LogP contribution in [0.3, 0.4) is 0 Å². The summed E-state index contributed by atoms with van der Waals surface area (Å²) in [6.07, 6.45) is 3.32. The molecule has 2 N–H and O–H groups in total. The monoisotopic (exact) mass is 301 g/mol. The van der Waals surface area contributed by atoms with Gasteiger partial charge in [-0.3, -0.25) is 9.69 Å². The maximum Gasteiger partial charge on any atom is 0.161 e. The van der Waals surface area contributed by atoms with Crippen molar-refractivity contribution in [3.63, 3.8) is 0 Å². The molecule has 4 bridgehead atoms. The lowest BCUT2D eigenvalue weighted by atomic mass is 9.49. The number of nitrogens with zero attached hydrogens (tertiary/aromatic N) is 1. The maximum atomic E-state index is 12.3. The van der Waals surface area contributed by atoms with Gasteiger partial charge in [0, 0.05) is 36.4 Å². The second kappa shape index (κ2) is 3.84. The van der Waals surface area contributed by atoms with Gasteiger partial charge >= 0.3 is 0 Å². The predicted octanol–water partition coefficient (Wildman–Crippen LogP) is 1.45. The number of benzene rings is 1. The summed E-state index contributed by atoms with van der Waals surface area (Å²) in [4.78, 5) is 14.7. The van der Waals surface area contributed by atoms with Gasteiger partial charge in [0.1, 0.15) is 12.5 Å². The van der Waals surface area contributed by atoms with Gasteiger partial charge in [0.2, 0.25) is 0 Å². The van der Waals surface area contributed by atoms with E-state index in [1.165, 1.54) is 0 Å². The third-order valence-corrected chi connectivity index (χ3v) is 6.51. The Balaban J connectivity index is 1.84. The Morgan fingerprint density at radius 3 is 3.00 bits per heavy atom. The fraction of sp³-hybridized carbons (Fsp3) is 0.588. The van der Waals surface area contributed by atoms with E-state index < -0.39 is 5.41 Å². The molecule has 2 heterocycles. The summed E-state index contributed by atoms with van der Waals surface area (Å²) in [5, 5.41) is 20.6. The zero-order valence-corrected chi connectivity index (χ0v) is 12.3. The number of hydrogen-bond acceptors (Lipinski definition) is 5. The highest BCUT2D eigenvalue weighted by molar-refractivity contribution is 5.83. The lowest BCUT2D eigenvalue weighted by Crippen LogP contribution is -2.69. The lowest BCUT2D eigenvalue weighted by Gasteiger charge is -2.60. The molecule has 0 aromatic heterocycles. The van der Waals surface area contributed by atoms with Crippen molar-refractivity contribution in [3.8, 4) is 11.5 Å². The topological polar surface area (TPSA) is 70.0 Å². The molecule has 4 atom stereocenters. The van der Waals surface area contributed by atoms with Crippen molar-refractivity contribution in [1.82, 2.24) is 4.90 Å². The number of hydrogen-bond donors (Lipinski definition) is 2. The number of rotatable bonds is 0. The van der Waals surface area contributed by atoms with Gasteiger partial charge in [-0.15, -0.1) is 0 Å². The zero-order chi connectivity index (χ0) is 15.1. The first-order chi connectivity index (χ1) is 10.6. The fourth-order valence-corrected chi connectivity index (χ4v) is 5.62. The summed E-state index contributed by atoms with van der Waals surface area (Å²) in [5.41, 5.74) is 0.979. The number of ketones is 1. The van der Waals surface area contributed by atoms with Gasteiger partial charge in [-0.05, 0) is 30.9 Å². The molecule has 116 valence electrons. The molecule has 2 aliphatic carbocycles. The van der Waals surface area contributed by atoms with Crippen molar-refractivity contribution in [1.29, 1.82) is 0 Å². The van der Waals surface area contributed by atoms with E-state index in [-0.39, 0.29) is 28.9 Å². The molecule has 5 nitrogen and oxygen atoms in total. The summed E-state index contributed by atoms with van der Waals surface area (Å²) >= 11 is 0. The Bertz CT molecular complexity index is 702. The molecule has 0 radical (unpaired) electrons. The predicted molar refractivity (Wildman–Crippen MR) is 77.8 cm³/mol. The van der Waals surface area contributed by atoms with Gasteiger partial charge in [0.25, 0.3) is 0 Å². The quantitative estimate of drug-likeness (QED) is 0.710. The maximum absolute atomic E-state index is 12.3. The Hall–Kier alpha value is -1.59. The number of phenols is 2. The van der Waals surface area contributed by atoms with Crippen LogP contribution in [0, 0.1) is 0 Å². The lowest BCUT2D eigenvalue weighted by molar-refractivity contribution is -0.143. The molecule has 22 heavy (non-hydrogen) atoms. The van der Waals surface area contributed by atoms with Crippen LogP contribution >= 0.6 is 0 Å². The highest BCUT2D eigenvalue weighted by atomic mass is 16.5. The molecule has 1 saturated carbocycles. The first-order valence-electron chi connectivity index (χ1n) is 8.01. The Kier molecular flexibility index (Phi) is 2.25. The average Bonchev–Trinajstić information content (AvgIpc) is 2.75. The van der Waals surface area contributed by atoms with Crippen LogP contribution in [-0.4, -0.2) is 45.8 Å². The van der Waals surface area contributed by atoms with Gasteiger partial charge in [-0.25, -0.2) is 0 Å². The van der Waals surface area contributed by atoms with E-state index in [9.17, 15) is 15.0 Å². The second-order valence-electron chi connectivity index (χ2n) is 7.21. The molecular formula is C17H19NO4. The molecule has 0 amide bonds. The van der Waals surface area contributed by atoms with Crippen molar-refractivity contribution in [2.24, 2.45) is 0 Å². The number of carbonyl (C=O) groups excluding carboxylic acids is 1. The zero-order valence-electron chi connectivity index (χ0n) is 12.3. The van der Waals surface area contributed by atoms with Gasteiger partial charge in [-0.1, -0.05) is 6.07 Å². The number of carbonyl (C=O) groups is 1. The SMILES string of the molecule is O=C1CCC23OCN4CCC2(C1)c1c(ccc(O)c1O)CC43. The van der Waals surface area contributed by atoms with E-state index >= 15 is 0 Å². The van der Waals surface area contributed by atoms with Crippen molar-refractivity contribution >= 4 is 5.78 Å². The minimum atomic E-state index is -0.476. The summed E-state index contributed by atoms with van der Waals surface area (Å²) in [6.45, 7) is 1.50. The Labute approximate surface area is 128 Å². The minimum absolute atomic E-state index is 0.0472. The highest BCUT2D eigenvalue weighted by Gasteiger charge is 2.69. The van der Waals surface area contributed by atoms with Crippen LogP contribution in [0.5, 0.6) is 11.5 Å². The average molecular weight is 301 g/mol. The second-order valence-corrected chi connectivity index (χ2v) is 7.21. The van der Waals surface area contributed by atoms with E-state index in [2.05, 4.69) is 4.90 Å². The molecule has 5 rings (SSSR count). The van der Waals surface area contributed by atoms with Crippen LogP contribution in [-0.2, 0) is 21.4 Å². The van der Waals surface area contributed by atoms with Crippen LogP contribution in [0.1, 0.15) is 36.8 Å². The first-order valence-corrected chi connectivity index (χ1v) is 8.01. The van der Waals surface area contributed by atoms with E-state index in [0.29, 0.717) is 19.6 Å². The Morgan fingerprint density at radius 1 is 1.27 bits per heavy atom. The molecule has 2 aliphatic heterocycles. The molecule has 3 fully saturated rings. The van der Waals surface area contributed by atoms with Gasteiger partial charge in [0.15, 0.2) is 11.5 Å². The van der Waals surface area contributed by atoms with Gasteiger partial charge < -0.3 is 14.9 Å². The molecule has 4 aliphatic rings. The van der Waals surface area contributed by atoms with Crippen molar-refractivity contribution in [2.45, 2.75) is 49.2 Å². The fourth-order valence-electron chi connectivity index (χ4n) is 5.62.